The average Bonchev–Trinajstić information content (AvgIpc) is 2.15. The van der Waals surface area contributed by atoms with Gasteiger partial charge in [0, 0.05) is 11.8 Å². The van der Waals surface area contributed by atoms with Crippen molar-refractivity contribution in [1.29, 1.82) is 5.26 Å². The van der Waals surface area contributed by atoms with Crippen molar-refractivity contribution in [3.05, 3.63) is 16.9 Å². The molecule has 74 valence electrons. The Morgan fingerprint density at radius 1 is 1.57 bits per heavy atom. The van der Waals surface area contributed by atoms with E-state index in [-0.39, 0.29) is 16.7 Å². The van der Waals surface area contributed by atoms with Gasteiger partial charge in [-0.15, -0.1) is 0 Å². The molecule has 1 rings (SSSR count). The van der Waals surface area contributed by atoms with Crippen molar-refractivity contribution < 1.29 is 10.2 Å². The summed E-state index contributed by atoms with van der Waals surface area (Å²) in [5.41, 5.74) is 5.29. The van der Waals surface area contributed by atoms with E-state index in [0.717, 1.165) is 6.20 Å². The number of nitriles is 1. The second-order valence-electron chi connectivity index (χ2n) is 2.49. The lowest BCUT2D eigenvalue weighted by molar-refractivity contribution is 0.0524. The lowest BCUT2D eigenvalue weighted by Crippen LogP contribution is -2.17. The van der Waals surface area contributed by atoms with Crippen LogP contribution in [0.4, 0.5) is 5.95 Å². The number of nitrogen functional groups attached to an aromatic ring is 1. The third-order valence-corrected chi connectivity index (χ3v) is 1.84. The van der Waals surface area contributed by atoms with Gasteiger partial charge in [-0.2, -0.15) is 5.26 Å². The lowest BCUT2D eigenvalue weighted by atomic mass is 10.1. The van der Waals surface area contributed by atoms with E-state index in [1.165, 1.54) is 6.07 Å². The van der Waals surface area contributed by atoms with E-state index in [1.54, 1.807) is 0 Å². The van der Waals surface area contributed by atoms with E-state index in [4.69, 9.17) is 27.7 Å². The number of aliphatic hydroxyl groups is 2. The summed E-state index contributed by atoms with van der Waals surface area (Å²) in [6, 6.07) is 1.47. The van der Waals surface area contributed by atoms with Gasteiger partial charge in [-0.05, 0) is 0 Å². The van der Waals surface area contributed by atoms with Crippen LogP contribution in [0.1, 0.15) is 11.7 Å². The molecule has 0 aliphatic rings. The standard InChI is InChI=1S/C7H7ClN4O2/c8-6-3(2-11-7(10)12-6)5(14)4(13)1-9/h2,4-5,13-14H,(H2,10,11,12). The van der Waals surface area contributed by atoms with Crippen LogP contribution >= 0.6 is 11.6 Å². The normalized spacial score (nSPS) is 14.4. The maximum atomic E-state index is 9.38. The summed E-state index contributed by atoms with van der Waals surface area (Å²) in [4.78, 5) is 7.14. The molecule has 0 aromatic carbocycles. The highest BCUT2D eigenvalue weighted by Gasteiger charge is 2.21. The maximum Gasteiger partial charge on any atom is 0.221 e. The van der Waals surface area contributed by atoms with Crippen molar-refractivity contribution in [3.8, 4) is 6.07 Å². The Bertz CT molecular complexity index is 378. The highest BCUT2D eigenvalue weighted by molar-refractivity contribution is 6.30. The Morgan fingerprint density at radius 3 is 2.71 bits per heavy atom. The summed E-state index contributed by atoms with van der Waals surface area (Å²) in [7, 11) is 0. The first-order valence-electron chi connectivity index (χ1n) is 3.60. The van der Waals surface area contributed by atoms with E-state index in [2.05, 4.69) is 9.97 Å². The number of rotatable bonds is 2. The predicted molar refractivity (Wildman–Crippen MR) is 48.0 cm³/mol. The van der Waals surface area contributed by atoms with Gasteiger partial charge in [0.1, 0.15) is 11.3 Å². The third-order valence-electron chi connectivity index (χ3n) is 1.54. The minimum Gasteiger partial charge on any atom is -0.384 e. The first kappa shape index (κ1) is 10.7. The molecule has 1 aromatic heterocycles. The predicted octanol–water partition coefficient (Wildman–Crippen LogP) is -0.370. The smallest absolute Gasteiger partial charge is 0.221 e. The van der Waals surface area contributed by atoms with Gasteiger partial charge in [-0.25, -0.2) is 9.97 Å². The largest absolute Gasteiger partial charge is 0.384 e. The molecule has 2 atom stereocenters. The van der Waals surface area contributed by atoms with Gasteiger partial charge < -0.3 is 15.9 Å². The number of anilines is 1. The molecule has 0 aliphatic heterocycles. The molecule has 0 bridgehead atoms. The van der Waals surface area contributed by atoms with Gasteiger partial charge >= 0.3 is 0 Å². The van der Waals surface area contributed by atoms with Crippen LogP contribution in [-0.2, 0) is 0 Å². The zero-order chi connectivity index (χ0) is 10.7. The minimum atomic E-state index is -1.57. The Kier molecular flexibility index (Phi) is 3.19. The molecule has 2 unspecified atom stereocenters. The zero-order valence-electron chi connectivity index (χ0n) is 6.92. The number of aliphatic hydroxyl groups excluding tert-OH is 2. The van der Waals surface area contributed by atoms with Gasteiger partial charge in [0.2, 0.25) is 5.95 Å². The molecule has 7 heteroatoms. The molecule has 0 fully saturated rings. The Hall–Kier alpha value is -1.42. The Labute approximate surface area is 84.6 Å². The summed E-state index contributed by atoms with van der Waals surface area (Å²) >= 11 is 5.61. The van der Waals surface area contributed by atoms with Gasteiger partial charge in [-0.3, -0.25) is 0 Å². The van der Waals surface area contributed by atoms with Crippen molar-refractivity contribution >= 4 is 17.5 Å². The SMILES string of the molecule is N#CC(O)C(O)c1cnc(N)nc1Cl. The monoisotopic (exact) mass is 214 g/mol. The van der Waals surface area contributed by atoms with Crippen molar-refractivity contribution in [3.63, 3.8) is 0 Å². The molecule has 4 N–H and O–H groups in total. The molecular formula is C7H7ClN4O2. The van der Waals surface area contributed by atoms with E-state index in [9.17, 15) is 5.11 Å². The number of nitrogens with zero attached hydrogens (tertiary/aromatic N) is 3. The van der Waals surface area contributed by atoms with Crippen molar-refractivity contribution in [1.82, 2.24) is 9.97 Å². The topological polar surface area (TPSA) is 116 Å². The van der Waals surface area contributed by atoms with Crippen LogP contribution < -0.4 is 5.73 Å². The van der Waals surface area contributed by atoms with Crippen LogP contribution in [0.2, 0.25) is 5.15 Å². The van der Waals surface area contributed by atoms with Gasteiger partial charge in [-0.1, -0.05) is 11.6 Å². The summed E-state index contributed by atoms with van der Waals surface area (Å²) in [6.07, 6.45) is -1.84. The van der Waals surface area contributed by atoms with Gasteiger partial charge in [0.25, 0.3) is 0 Å². The molecule has 1 heterocycles. The summed E-state index contributed by atoms with van der Waals surface area (Å²) in [5, 5.41) is 26.7. The number of hydrogen-bond acceptors (Lipinski definition) is 6. The van der Waals surface area contributed by atoms with Crippen LogP contribution in [0.15, 0.2) is 6.20 Å². The molecule has 1 aromatic rings. The number of nitrogens with two attached hydrogens (primary N) is 1. The van der Waals surface area contributed by atoms with Gasteiger partial charge in [0.15, 0.2) is 6.10 Å². The fourth-order valence-electron chi connectivity index (χ4n) is 0.822. The third kappa shape index (κ3) is 2.09. The molecule has 0 saturated heterocycles. The molecule has 0 saturated carbocycles. The molecule has 0 radical (unpaired) electrons. The van der Waals surface area contributed by atoms with Crippen molar-refractivity contribution in [2.45, 2.75) is 12.2 Å². The molecule has 14 heavy (non-hydrogen) atoms. The fourth-order valence-corrected chi connectivity index (χ4v) is 1.07. The molecule has 0 spiro atoms. The quantitative estimate of drug-likeness (QED) is 0.457. The molecule has 6 nitrogen and oxygen atoms in total. The van der Waals surface area contributed by atoms with Crippen LogP contribution in [0, 0.1) is 11.3 Å². The fraction of sp³-hybridized carbons (Fsp3) is 0.286. The lowest BCUT2D eigenvalue weighted by Gasteiger charge is -2.12. The molecular weight excluding hydrogens is 208 g/mol. The van der Waals surface area contributed by atoms with Crippen LogP contribution in [-0.4, -0.2) is 26.3 Å². The second-order valence-corrected chi connectivity index (χ2v) is 2.85. The van der Waals surface area contributed by atoms with E-state index in [1.807, 2.05) is 0 Å². The van der Waals surface area contributed by atoms with Crippen LogP contribution in [0.3, 0.4) is 0 Å². The first-order valence-corrected chi connectivity index (χ1v) is 3.97. The van der Waals surface area contributed by atoms with Gasteiger partial charge in [0.05, 0.1) is 6.07 Å². The van der Waals surface area contributed by atoms with E-state index >= 15 is 0 Å². The van der Waals surface area contributed by atoms with Crippen molar-refractivity contribution in [2.24, 2.45) is 0 Å². The summed E-state index contributed by atoms with van der Waals surface area (Å²) in [5.74, 6) is -0.0441. The number of aromatic nitrogens is 2. The Balaban J connectivity index is 3.03. The first-order chi connectivity index (χ1) is 6.56. The average molecular weight is 215 g/mol. The van der Waals surface area contributed by atoms with Crippen LogP contribution in [0.25, 0.3) is 0 Å². The zero-order valence-corrected chi connectivity index (χ0v) is 7.68. The van der Waals surface area contributed by atoms with Crippen LogP contribution in [0.5, 0.6) is 0 Å². The Morgan fingerprint density at radius 2 is 2.21 bits per heavy atom. The summed E-state index contributed by atoms with van der Waals surface area (Å²) in [6.45, 7) is 0. The van der Waals surface area contributed by atoms with Crippen molar-refractivity contribution in [2.75, 3.05) is 5.73 Å². The number of hydrogen-bond donors (Lipinski definition) is 3. The highest BCUT2D eigenvalue weighted by Crippen LogP contribution is 2.22. The second kappa shape index (κ2) is 4.19. The molecule has 0 amide bonds. The van der Waals surface area contributed by atoms with E-state index < -0.39 is 12.2 Å². The number of halogens is 1. The highest BCUT2D eigenvalue weighted by atomic mass is 35.5. The van der Waals surface area contributed by atoms with E-state index in [0.29, 0.717) is 0 Å². The molecule has 0 aliphatic carbocycles. The minimum absolute atomic E-state index is 0.0441. The summed E-state index contributed by atoms with van der Waals surface area (Å²) < 4.78 is 0. The maximum absolute atomic E-state index is 9.38.